The number of aliphatic hydroxyl groups is 1. The van der Waals surface area contributed by atoms with Gasteiger partial charge < -0.3 is 10.0 Å². The Morgan fingerprint density at radius 2 is 1.22 bits per heavy atom. The highest BCUT2D eigenvalue weighted by Gasteiger charge is 2.52. The maximum atomic E-state index is 11.1. The topological polar surface area (TPSA) is 24.7 Å². The summed E-state index contributed by atoms with van der Waals surface area (Å²) in [6, 6.07) is 22.4. The molecule has 2 heteroatoms. The van der Waals surface area contributed by atoms with E-state index in [9.17, 15) is 5.11 Å². The summed E-state index contributed by atoms with van der Waals surface area (Å²) in [6.45, 7) is 0. The first-order chi connectivity index (χ1) is 11.3. The first-order valence-electron chi connectivity index (χ1n) is 8.88. The number of hydrogen-bond donors (Lipinski definition) is 2. The average molecular weight is 308 g/mol. The van der Waals surface area contributed by atoms with Gasteiger partial charge in [-0.2, -0.15) is 0 Å². The smallest absolute Gasteiger partial charge is 0.119 e. The molecule has 2 aliphatic rings. The molecule has 1 aliphatic carbocycles. The number of hydrogen-bond acceptors (Lipinski definition) is 1. The molecular formula is C21H26NO+. The summed E-state index contributed by atoms with van der Waals surface area (Å²) in [5.74, 6) is 0.771. The van der Waals surface area contributed by atoms with Crippen molar-refractivity contribution in [2.24, 2.45) is 11.8 Å². The average Bonchev–Trinajstić information content (AvgIpc) is 2.59. The van der Waals surface area contributed by atoms with Gasteiger partial charge in [0.05, 0.1) is 13.2 Å². The molecule has 4 rings (SSSR count). The molecular weight excluding hydrogens is 282 g/mol. The van der Waals surface area contributed by atoms with Gasteiger partial charge in [0.1, 0.15) is 12.1 Å². The lowest BCUT2D eigenvalue weighted by molar-refractivity contribution is -0.961. The van der Waals surface area contributed by atoms with Crippen molar-refractivity contribution in [2.45, 2.75) is 37.5 Å². The Morgan fingerprint density at radius 3 is 1.65 bits per heavy atom. The van der Waals surface area contributed by atoms with Gasteiger partial charge in [-0.25, -0.2) is 0 Å². The Labute approximate surface area is 138 Å². The van der Waals surface area contributed by atoms with E-state index in [-0.39, 0.29) is 6.10 Å². The minimum atomic E-state index is -0.178. The van der Waals surface area contributed by atoms with Crippen molar-refractivity contribution in [3.05, 3.63) is 71.8 Å². The molecule has 120 valence electrons. The molecule has 2 aromatic rings. The van der Waals surface area contributed by atoms with E-state index in [0.717, 1.165) is 12.8 Å². The molecule has 2 fully saturated rings. The second kappa shape index (κ2) is 6.10. The summed E-state index contributed by atoms with van der Waals surface area (Å²) < 4.78 is 0. The summed E-state index contributed by atoms with van der Waals surface area (Å²) in [4.78, 5) is 1.54. The van der Waals surface area contributed by atoms with Crippen LogP contribution in [0.4, 0.5) is 0 Å². The van der Waals surface area contributed by atoms with E-state index in [0.29, 0.717) is 23.9 Å². The molecule has 2 nitrogen and oxygen atoms in total. The summed E-state index contributed by atoms with van der Waals surface area (Å²) in [5.41, 5.74) is 2.74. The van der Waals surface area contributed by atoms with Crippen LogP contribution in [0.2, 0.25) is 0 Å². The zero-order valence-electron chi connectivity index (χ0n) is 13.7. The first-order valence-corrected chi connectivity index (χ1v) is 8.88. The molecule has 0 amide bonds. The van der Waals surface area contributed by atoms with Crippen LogP contribution in [0.15, 0.2) is 60.7 Å². The Morgan fingerprint density at radius 1 is 0.783 bits per heavy atom. The van der Waals surface area contributed by atoms with E-state index in [1.807, 2.05) is 0 Å². The molecule has 2 bridgehead atoms. The van der Waals surface area contributed by atoms with Gasteiger partial charge in [0.15, 0.2) is 0 Å². The van der Waals surface area contributed by atoms with Crippen LogP contribution in [0.5, 0.6) is 0 Å². The lowest BCUT2D eigenvalue weighted by atomic mass is 9.65. The quantitative estimate of drug-likeness (QED) is 0.876. The molecule has 6 atom stereocenters. The van der Waals surface area contributed by atoms with Crippen LogP contribution in [0, 0.1) is 11.8 Å². The highest BCUT2D eigenvalue weighted by atomic mass is 16.3. The minimum absolute atomic E-state index is 0.178. The standard InChI is InChI=1S/C21H25NO/c1-22-19(15-9-4-2-5-10-15)17-13-8-14-18(21(17)23)20(22)16-11-6-3-7-12-16/h2-7,9-12,17-21,23H,8,13-14H2,1H3/p+1/t17-,18-,19-,20+,21?/m1/s1. The van der Waals surface area contributed by atoms with Gasteiger partial charge in [-0.15, -0.1) is 0 Å². The summed E-state index contributed by atoms with van der Waals surface area (Å²) >= 11 is 0. The molecule has 0 aromatic heterocycles. The van der Waals surface area contributed by atoms with Crippen LogP contribution in [0.3, 0.4) is 0 Å². The van der Waals surface area contributed by atoms with Gasteiger partial charge in [-0.1, -0.05) is 67.1 Å². The van der Waals surface area contributed by atoms with Crippen molar-refractivity contribution in [3.8, 4) is 0 Å². The van der Waals surface area contributed by atoms with E-state index in [2.05, 4.69) is 67.7 Å². The normalized spacial score (nSPS) is 36.6. The molecule has 2 aromatic carbocycles. The second-order valence-corrected chi connectivity index (χ2v) is 7.27. The number of benzene rings is 2. The molecule has 2 unspecified atom stereocenters. The molecule has 1 saturated heterocycles. The Kier molecular flexibility index (Phi) is 3.96. The number of nitrogens with one attached hydrogen (secondary N) is 1. The van der Waals surface area contributed by atoms with Crippen molar-refractivity contribution >= 4 is 0 Å². The summed E-state index contributed by atoms with van der Waals surface area (Å²) in [7, 11) is 2.33. The van der Waals surface area contributed by atoms with Gasteiger partial charge in [0.25, 0.3) is 0 Å². The Hall–Kier alpha value is -1.64. The van der Waals surface area contributed by atoms with Gasteiger partial charge in [0, 0.05) is 23.0 Å². The van der Waals surface area contributed by atoms with Gasteiger partial charge in [0.2, 0.25) is 0 Å². The number of aliphatic hydroxyl groups excluding tert-OH is 1. The van der Waals surface area contributed by atoms with Crippen molar-refractivity contribution in [1.82, 2.24) is 0 Å². The Bertz CT molecular complexity index is 586. The van der Waals surface area contributed by atoms with Crippen LogP contribution in [0.1, 0.15) is 42.5 Å². The van der Waals surface area contributed by atoms with Gasteiger partial charge >= 0.3 is 0 Å². The number of rotatable bonds is 2. The number of piperidine rings is 1. The van der Waals surface area contributed by atoms with Crippen LogP contribution in [-0.4, -0.2) is 18.3 Å². The van der Waals surface area contributed by atoms with Crippen LogP contribution >= 0.6 is 0 Å². The molecule has 1 heterocycles. The number of quaternary nitrogens is 1. The predicted molar refractivity (Wildman–Crippen MR) is 92.1 cm³/mol. The summed E-state index contributed by atoms with van der Waals surface area (Å²) in [5, 5.41) is 11.1. The molecule has 0 radical (unpaired) electrons. The Balaban J connectivity index is 1.78. The minimum Gasteiger partial charge on any atom is -0.392 e. The second-order valence-electron chi connectivity index (χ2n) is 7.27. The van der Waals surface area contributed by atoms with Crippen molar-refractivity contribution in [1.29, 1.82) is 0 Å². The lowest BCUT2D eigenvalue weighted by Gasteiger charge is -2.51. The van der Waals surface area contributed by atoms with Crippen molar-refractivity contribution in [2.75, 3.05) is 7.05 Å². The maximum Gasteiger partial charge on any atom is 0.119 e. The third kappa shape index (κ3) is 2.50. The number of likely N-dealkylation sites (tertiary alicyclic amines) is 1. The maximum absolute atomic E-state index is 11.1. The molecule has 23 heavy (non-hydrogen) atoms. The summed E-state index contributed by atoms with van der Waals surface area (Å²) in [6.07, 6.45) is 3.36. The van der Waals surface area contributed by atoms with Crippen LogP contribution in [0.25, 0.3) is 0 Å². The van der Waals surface area contributed by atoms with E-state index < -0.39 is 0 Å². The molecule has 1 saturated carbocycles. The monoisotopic (exact) mass is 308 g/mol. The highest BCUT2D eigenvalue weighted by Crippen LogP contribution is 2.44. The van der Waals surface area contributed by atoms with E-state index in [4.69, 9.17) is 0 Å². The fraction of sp³-hybridized carbons (Fsp3) is 0.429. The third-order valence-corrected chi connectivity index (χ3v) is 6.11. The van der Waals surface area contributed by atoms with E-state index in [1.54, 1.807) is 4.90 Å². The van der Waals surface area contributed by atoms with E-state index in [1.165, 1.54) is 17.5 Å². The zero-order chi connectivity index (χ0) is 15.8. The number of fused-ring (bicyclic) bond motifs is 2. The molecule has 2 N–H and O–H groups in total. The highest BCUT2D eigenvalue weighted by molar-refractivity contribution is 5.23. The van der Waals surface area contributed by atoms with Gasteiger partial charge in [-0.05, 0) is 12.8 Å². The third-order valence-electron chi connectivity index (χ3n) is 6.11. The molecule has 0 spiro atoms. The first kappa shape index (κ1) is 14.9. The SMILES string of the molecule is C[NH+]1[C@H](c2ccccc2)[C@H]2CCC[C@@H](C2O)[C@@H]1c1ccccc1. The predicted octanol–water partition coefficient (Wildman–Crippen LogP) is 2.77. The van der Waals surface area contributed by atoms with Crippen LogP contribution in [-0.2, 0) is 0 Å². The van der Waals surface area contributed by atoms with Gasteiger partial charge in [-0.3, -0.25) is 0 Å². The molecule has 1 aliphatic heterocycles. The zero-order valence-corrected chi connectivity index (χ0v) is 13.7. The fourth-order valence-corrected chi connectivity index (χ4v) is 5.19. The van der Waals surface area contributed by atoms with Crippen molar-refractivity contribution in [3.63, 3.8) is 0 Å². The fourth-order valence-electron chi connectivity index (χ4n) is 5.19. The largest absolute Gasteiger partial charge is 0.392 e. The van der Waals surface area contributed by atoms with Crippen molar-refractivity contribution < 1.29 is 10.0 Å². The van der Waals surface area contributed by atoms with E-state index >= 15 is 0 Å². The van der Waals surface area contributed by atoms with Crippen LogP contribution < -0.4 is 4.90 Å². The lowest BCUT2D eigenvalue weighted by Crippen LogP contribution is -3.13.